The van der Waals surface area contributed by atoms with Crippen molar-refractivity contribution in [1.82, 2.24) is 10.2 Å². The Morgan fingerprint density at radius 1 is 1.10 bits per heavy atom. The Morgan fingerprint density at radius 2 is 1.60 bits per heavy atom. The monoisotopic (exact) mass is 286 g/mol. The second kappa shape index (κ2) is 8.32. The number of methoxy groups -OCH3 is 2. The van der Waals surface area contributed by atoms with Crippen LogP contribution in [0, 0.1) is 5.41 Å². The fourth-order valence-corrected chi connectivity index (χ4v) is 3.07. The Morgan fingerprint density at radius 3 is 1.95 bits per heavy atom. The molecule has 1 rings (SSSR count). The molecule has 0 spiro atoms. The van der Waals surface area contributed by atoms with Gasteiger partial charge in [-0.25, -0.2) is 0 Å². The molecule has 1 N–H and O–H groups in total. The maximum Gasteiger partial charge on any atom is 0.0971 e. The van der Waals surface area contributed by atoms with Crippen molar-refractivity contribution in [2.75, 3.05) is 40.4 Å². The topological polar surface area (TPSA) is 33.7 Å². The maximum atomic E-state index is 5.54. The lowest BCUT2D eigenvalue weighted by atomic mass is 9.81. The maximum absolute atomic E-state index is 5.54. The van der Waals surface area contributed by atoms with Gasteiger partial charge in [-0.1, -0.05) is 27.7 Å². The van der Waals surface area contributed by atoms with E-state index in [1.54, 1.807) is 14.2 Å². The normalized spacial score (nSPS) is 24.8. The van der Waals surface area contributed by atoms with E-state index in [1.807, 2.05) is 0 Å². The highest BCUT2D eigenvalue weighted by molar-refractivity contribution is 4.91. The molecule has 1 aliphatic heterocycles. The molecule has 120 valence electrons. The lowest BCUT2D eigenvalue weighted by molar-refractivity contribution is -0.00461. The van der Waals surface area contributed by atoms with Crippen LogP contribution in [0.3, 0.4) is 0 Å². The smallest absolute Gasteiger partial charge is 0.0971 e. The largest absolute Gasteiger partial charge is 0.377 e. The van der Waals surface area contributed by atoms with Gasteiger partial charge in [0.2, 0.25) is 0 Å². The molecule has 0 amide bonds. The van der Waals surface area contributed by atoms with Crippen LogP contribution in [-0.4, -0.2) is 63.5 Å². The quantitative estimate of drug-likeness (QED) is 0.704. The second-order valence-electron chi connectivity index (χ2n) is 6.49. The number of rotatable bonds is 9. The highest BCUT2D eigenvalue weighted by atomic mass is 16.5. The second-order valence-corrected chi connectivity index (χ2v) is 6.49. The number of hydrogen-bond donors (Lipinski definition) is 1. The number of ether oxygens (including phenoxy) is 2. The molecule has 0 aliphatic carbocycles. The molecular formula is C16H34N2O2. The highest BCUT2D eigenvalue weighted by Gasteiger charge is 2.37. The molecule has 0 aromatic carbocycles. The Bertz CT molecular complexity index is 255. The van der Waals surface area contributed by atoms with E-state index in [2.05, 4.69) is 37.9 Å². The van der Waals surface area contributed by atoms with Gasteiger partial charge in [0.25, 0.3) is 0 Å². The van der Waals surface area contributed by atoms with Crippen LogP contribution in [0.2, 0.25) is 0 Å². The van der Waals surface area contributed by atoms with Gasteiger partial charge < -0.3 is 14.8 Å². The molecule has 0 aromatic rings. The zero-order valence-corrected chi connectivity index (χ0v) is 14.2. The lowest BCUT2D eigenvalue weighted by Crippen LogP contribution is -2.45. The zero-order valence-electron chi connectivity index (χ0n) is 14.2. The summed E-state index contributed by atoms with van der Waals surface area (Å²) in [6.07, 6.45) is 2.83. The summed E-state index contributed by atoms with van der Waals surface area (Å²) in [6, 6.07) is 0.546. The summed E-state index contributed by atoms with van der Waals surface area (Å²) in [5.41, 5.74) is 0.352. The first-order valence-electron chi connectivity index (χ1n) is 8.01. The standard InChI is InChI=1S/C16H34N2O2/c1-7-16(8-2,11-17-13(3)4)12-18-9-14(19-5)15(10-18)20-6/h13-15,17H,7-12H2,1-6H3. The number of nitrogens with one attached hydrogen (secondary N) is 1. The van der Waals surface area contributed by atoms with Crippen LogP contribution >= 0.6 is 0 Å². The molecule has 4 nitrogen and oxygen atoms in total. The van der Waals surface area contributed by atoms with E-state index in [1.165, 1.54) is 12.8 Å². The first-order chi connectivity index (χ1) is 9.50. The number of nitrogens with zero attached hydrogens (tertiary/aromatic N) is 1. The summed E-state index contributed by atoms with van der Waals surface area (Å²) in [7, 11) is 3.57. The van der Waals surface area contributed by atoms with Crippen LogP contribution in [0.15, 0.2) is 0 Å². The third-order valence-electron chi connectivity index (χ3n) is 4.84. The van der Waals surface area contributed by atoms with Crippen LogP contribution in [0.4, 0.5) is 0 Å². The SMILES string of the molecule is CCC(CC)(CNC(C)C)CN1CC(OC)C(OC)C1. The minimum absolute atomic E-state index is 0.212. The van der Waals surface area contributed by atoms with Gasteiger partial charge in [0.1, 0.15) is 0 Å². The Kier molecular flexibility index (Phi) is 7.45. The van der Waals surface area contributed by atoms with Crippen LogP contribution < -0.4 is 5.32 Å². The van der Waals surface area contributed by atoms with Crippen molar-refractivity contribution in [1.29, 1.82) is 0 Å². The van der Waals surface area contributed by atoms with Crippen LogP contribution in [-0.2, 0) is 9.47 Å². The Hall–Kier alpha value is -0.160. The average molecular weight is 286 g/mol. The predicted octanol–water partition coefficient (Wildman–Crippen LogP) is 2.14. The molecule has 0 aromatic heterocycles. The highest BCUT2D eigenvalue weighted by Crippen LogP contribution is 2.29. The van der Waals surface area contributed by atoms with E-state index in [0.29, 0.717) is 11.5 Å². The minimum Gasteiger partial charge on any atom is -0.377 e. The minimum atomic E-state index is 0.212. The summed E-state index contributed by atoms with van der Waals surface area (Å²) >= 11 is 0. The first kappa shape index (κ1) is 17.9. The van der Waals surface area contributed by atoms with Gasteiger partial charge in [-0.15, -0.1) is 0 Å². The van der Waals surface area contributed by atoms with Gasteiger partial charge in [0.15, 0.2) is 0 Å². The van der Waals surface area contributed by atoms with E-state index in [9.17, 15) is 0 Å². The van der Waals surface area contributed by atoms with Crippen molar-refractivity contribution in [2.45, 2.75) is 58.8 Å². The summed E-state index contributed by atoms with van der Waals surface area (Å²) in [4.78, 5) is 2.51. The van der Waals surface area contributed by atoms with Gasteiger partial charge >= 0.3 is 0 Å². The first-order valence-corrected chi connectivity index (χ1v) is 8.01. The molecular weight excluding hydrogens is 252 g/mol. The van der Waals surface area contributed by atoms with Crippen molar-refractivity contribution in [3.05, 3.63) is 0 Å². The molecule has 0 radical (unpaired) electrons. The third kappa shape index (κ3) is 4.69. The van der Waals surface area contributed by atoms with Crippen molar-refractivity contribution in [3.8, 4) is 0 Å². The summed E-state index contributed by atoms with van der Waals surface area (Å²) in [5, 5.41) is 3.62. The van der Waals surface area contributed by atoms with Gasteiger partial charge in [0, 0.05) is 46.4 Å². The van der Waals surface area contributed by atoms with E-state index in [0.717, 1.165) is 26.2 Å². The fraction of sp³-hybridized carbons (Fsp3) is 1.00. The molecule has 1 fully saturated rings. The van der Waals surface area contributed by atoms with Crippen LogP contribution in [0.25, 0.3) is 0 Å². The van der Waals surface area contributed by atoms with Gasteiger partial charge in [-0.05, 0) is 18.3 Å². The van der Waals surface area contributed by atoms with E-state index in [4.69, 9.17) is 9.47 Å². The molecule has 1 heterocycles. The number of likely N-dealkylation sites (tertiary alicyclic amines) is 1. The number of hydrogen-bond acceptors (Lipinski definition) is 4. The Labute approximate surface area is 125 Å². The van der Waals surface area contributed by atoms with Crippen molar-refractivity contribution < 1.29 is 9.47 Å². The molecule has 0 bridgehead atoms. The Balaban J connectivity index is 2.62. The van der Waals surface area contributed by atoms with E-state index < -0.39 is 0 Å². The van der Waals surface area contributed by atoms with Gasteiger partial charge in [-0.2, -0.15) is 0 Å². The van der Waals surface area contributed by atoms with Gasteiger partial charge in [0.05, 0.1) is 12.2 Å². The molecule has 0 saturated carbocycles. The molecule has 1 saturated heterocycles. The van der Waals surface area contributed by atoms with E-state index >= 15 is 0 Å². The van der Waals surface area contributed by atoms with Gasteiger partial charge in [-0.3, -0.25) is 4.90 Å². The molecule has 1 aliphatic rings. The fourth-order valence-electron chi connectivity index (χ4n) is 3.07. The third-order valence-corrected chi connectivity index (χ3v) is 4.84. The summed E-state index contributed by atoms with van der Waals surface area (Å²) < 4.78 is 11.1. The molecule has 2 atom stereocenters. The van der Waals surface area contributed by atoms with Crippen molar-refractivity contribution in [2.24, 2.45) is 5.41 Å². The lowest BCUT2D eigenvalue weighted by Gasteiger charge is -2.36. The average Bonchev–Trinajstić information content (AvgIpc) is 2.85. The summed E-state index contributed by atoms with van der Waals surface area (Å²) in [5.74, 6) is 0. The zero-order chi connectivity index (χ0) is 15.2. The molecule has 4 heteroatoms. The summed E-state index contributed by atoms with van der Waals surface area (Å²) in [6.45, 7) is 13.2. The molecule has 20 heavy (non-hydrogen) atoms. The predicted molar refractivity (Wildman–Crippen MR) is 84.2 cm³/mol. The van der Waals surface area contributed by atoms with Crippen molar-refractivity contribution >= 4 is 0 Å². The van der Waals surface area contributed by atoms with E-state index in [-0.39, 0.29) is 12.2 Å². The van der Waals surface area contributed by atoms with Crippen LogP contribution in [0.5, 0.6) is 0 Å². The van der Waals surface area contributed by atoms with Crippen molar-refractivity contribution in [3.63, 3.8) is 0 Å². The molecule has 2 unspecified atom stereocenters. The van der Waals surface area contributed by atoms with Crippen LogP contribution in [0.1, 0.15) is 40.5 Å².